The Morgan fingerprint density at radius 1 is 1.44 bits per heavy atom. The normalized spacial score (nSPS) is 10.3. The van der Waals surface area contributed by atoms with Gasteiger partial charge in [-0.05, 0) is 19.1 Å². The number of carboxylic acids is 1. The van der Waals surface area contributed by atoms with Crippen LogP contribution in [-0.4, -0.2) is 22.7 Å². The van der Waals surface area contributed by atoms with Crippen LogP contribution in [0.1, 0.15) is 17.3 Å². The zero-order valence-corrected chi connectivity index (χ0v) is 8.80. The minimum absolute atomic E-state index is 0.0977. The van der Waals surface area contributed by atoms with Gasteiger partial charge in [-0.15, -0.1) is 0 Å². The number of carboxylic acid groups (broad SMARTS) is 1. The van der Waals surface area contributed by atoms with Crippen molar-refractivity contribution in [1.29, 1.82) is 0 Å². The molecule has 16 heavy (non-hydrogen) atoms. The van der Waals surface area contributed by atoms with Crippen LogP contribution in [0.4, 0.5) is 0 Å². The van der Waals surface area contributed by atoms with Gasteiger partial charge in [0, 0.05) is 5.39 Å². The number of para-hydroxylation sites is 1. The molecular formula is C12H11NO3. The quantitative estimate of drug-likeness (QED) is 0.857. The number of ether oxygens (including phenoxy) is 1. The van der Waals surface area contributed by atoms with Crippen molar-refractivity contribution in [3.8, 4) is 5.88 Å². The Morgan fingerprint density at radius 3 is 2.88 bits per heavy atom. The fraction of sp³-hybridized carbons (Fsp3) is 0.167. The molecule has 0 aliphatic heterocycles. The molecule has 1 N–H and O–H groups in total. The van der Waals surface area contributed by atoms with E-state index in [0.717, 1.165) is 10.9 Å². The Morgan fingerprint density at radius 2 is 2.19 bits per heavy atom. The number of rotatable bonds is 3. The number of hydrogen-bond donors (Lipinski definition) is 1. The third-order valence-electron chi connectivity index (χ3n) is 2.20. The number of hydrogen-bond acceptors (Lipinski definition) is 3. The molecule has 0 saturated carbocycles. The predicted molar refractivity (Wildman–Crippen MR) is 59.9 cm³/mol. The number of aromatic nitrogens is 1. The third-order valence-corrected chi connectivity index (χ3v) is 2.20. The van der Waals surface area contributed by atoms with Crippen molar-refractivity contribution in [3.05, 3.63) is 35.9 Å². The average Bonchev–Trinajstić information content (AvgIpc) is 2.28. The molecule has 0 saturated heterocycles. The minimum Gasteiger partial charge on any atom is -0.477 e. The lowest BCUT2D eigenvalue weighted by Gasteiger charge is -2.07. The molecule has 4 heteroatoms. The Labute approximate surface area is 92.5 Å². The molecule has 0 unspecified atom stereocenters. The number of carbonyl (C=O) groups is 1. The molecule has 1 aromatic heterocycles. The molecule has 2 aromatic rings. The highest BCUT2D eigenvalue weighted by Gasteiger charge is 2.13. The van der Waals surface area contributed by atoms with E-state index in [4.69, 9.17) is 9.84 Å². The molecule has 0 bridgehead atoms. The molecular weight excluding hydrogens is 206 g/mol. The smallest absolute Gasteiger partial charge is 0.341 e. The summed E-state index contributed by atoms with van der Waals surface area (Å²) in [6.45, 7) is 2.19. The first-order chi connectivity index (χ1) is 7.72. The maximum absolute atomic E-state index is 11.0. The van der Waals surface area contributed by atoms with Gasteiger partial charge in [-0.3, -0.25) is 0 Å². The molecule has 0 aliphatic rings. The number of pyridine rings is 1. The minimum atomic E-state index is -1.03. The standard InChI is InChI=1S/C12H11NO3/c1-2-16-11-9(12(14)15)7-8-5-3-4-6-10(8)13-11/h3-7H,2H2,1H3,(H,14,15). The highest BCUT2D eigenvalue weighted by molar-refractivity contribution is 5.95. The molecule has 0 atom stereocenters. The first-order valence-corrected chi connectivity index (χ1v) is 4.98. The van der Waals surface area contributed by atoms with E-state index in [2.05, 4.69) is 4.98 Å². The van der Waals surface area contributed by atoms with Crippen molar-refractivity contribution < 1.29 is 14.6 Å². The first-order valence-electron chi connectivity index (χ1n) is 4.98. The van der Waals surface area contributed by atoms with Gasteiger partial charge in [0.05, 0.1) is 12.1 Å². The Hall–Kier alpha value is -2.10. The maximum Gasteiger partial charge on any atom is 0.341 e. The van der Waals surface area contributed by atoms with Crippen molar-refractivity contribution in [1.82, 2.24) is 4.98 Å². The van der Waals surface area contributed by atoms with Crippen molar-refractivity contribution in [3.63, 3.8) is 0 Å². The van der Waals surface area contributed by atoms with Crippen LogP contribution >= 0.6 is 0 Å². The van der Waals surface area contributed by atoms with Gasteiger partial charge < -0.3 is 9.84 Å². The topological polar surface area (TPSA) is 59.4 Å². The van der Waals surface area contributed by atoms with E-state index in [1.807, 2.05) is 24.3 Å². The monoisotopic (exact) mass is 217 g/mol. The van der Waals surface area contributed by atoms with E-state index >= 15 is 0 Å². The maximum atomic E-state index is 11.0. The van der Waals surface area contributed by atoms with Gasteiger partial charge in [-0.25, -0.2) is 9.78 Å². The molecule has 0 fully saturated rings. The lowest BCUT2D eigenvalue weighted by molar-refractivity contribution is 0.0692. The summed E-state index contributed by atoms with van der Waals surface area (Å²) in [5, 5.41) is 9.83. The van der Waals surface area contributed by atoms with E-state index in [9.17, 15) is 4.79 Å². The van der Waals surface area contributed by atoms with Crippen molar-refractivity contribution in [2.75, 3.05) is 6.61 Å². The van der Waals surface area contributed by atoms with Crippen molar-refractivity contribution in [2.24, 2.45) is 0 Å². The summed E-state index contributed by atoms with van der Waals surface area (Å²) >= 11 is 0. The average molecular weight is 217 g/mol. The van der Waals surface area contributed by atoms with Gasteiger partial charge in [0.1, 0.15) is 5.56 Å². The van der Waals surface area contributed by atoms with E-state index in [1.54, 1.807) is 13.0 Å². The van der Waals surface area contributed by atoms with Gasteiger partial charge >= 0.3 is 5.97 Å². The third kappa shape index (κ3) is 1.82. The Kier molecular flexibility index (Phi) is 2.72. The number of fused-ring (bicyclic) bond motifs is 1. The summed E-state index contributed by atoms with van der Waals surface area (Å²) in [6, 6.07) is 8.92. The SMILES string of the molecule is CCOc1nc2ccccc2cc1C(=O)O. The van der Waals surface area contributed by atoms with Crippen LogP contribution < -0.4 is 4.74 Å². The van der Waals surface area contributed by atoms with E-state index in [-0.39, 0.29) is 11.4 Å². The number of benzene rings is 1. The van der Waals surface area contributed by atoms with Gasteiger partial charge in [0.2, 0.25) is 5.88 Å². The van der Waals surface area contributed by atoms with Crippen molar-refractivity contribution in [2.45, 2.75) is 6.92 Å². The summed E-state index contributed by atoms with van der Waals surface area (Å²) in [7, 11) is 0. The highest BCUT2D eigenvalue weighted by atomic mass is 16.5. The zero-order chi connectivity index (χ0) is 11.5. The molecule has 2 rings (SSSR count). The van der Waals surface area contributed by atoms with Crippen LogP contribution in [0.3, 0.4) is 0 Å². The van der Waals surface area contributed by atoms with Crippen molar-refractivity contribution >= 4 is 16.9 Å². The second-order valence-electron chi connectivity index (χ2n) is 3.27. The molecule has 1 aromatic carbocycles. The molecule has 0 spiro atoms. The lowest BCUT2D eigenvalue weighted by Crippen LogP contribution is -2.05. The second-order valence-corrected chi connectivity index (χ2v) is 3.27. The summed E-state index contributed by atoms with van der Waals surface area (Å²) in [4.78, 5) is 15.2. The van der Waals surface area contributed by atoms with Crippen LogP contribution in [0.5, 0.6) is 5.88 Å². The van der Waals surface area contributed by atoms with Crippen LogP contribution in [0.25, 0.3) is 10.9 Å². The van der Waals surface area contributed by atoms with E-state index in [0.29, 0.717) is 6.61 Å². The predicted octanol–water partition coefficient (Wildman–Crippen LogP) is 2.33. The van der Waals surface area contributed by atoms with Crippen LogP contribution in [-0.2, 0) is 0 Å². The van der Waals surface area contributed by atoms with Gasteiger partial charge in [-0.1, -0.05) is 18.2 Å². The van der Waals surface area contributed by atoms with Gasteiger partial charge in [-0.2, -0.15) is 0 Å². The van der Waals surface area contributed by atoms with E-state index < -0.39 is 5.97 Å². The summed E-state index contributed by atoms with van der Waals surface area (Å²) < 4.78 is 5.21. The molecule has 82 valence electrons. The molecule has 4 nitrogen and oxygen atoms in total. The van der Waals surface area contributed by atoms with Crippen LogP contribution in [0.15, 0.2) is 30.3 Å². The molecule has 0 aliphatic carbocycles. The largest absolute Gasteiger partial charge is 0.477 e. The summed E-state index contributed by atoms with van der Waals surface area (Å²) in [6.07, 6.45) is 0. The van der Waals surface area contributed by atoms with Gasteiger partial charge in [0.25, 0.3) is 0 Å². The zero-order valence-electron chi connectivity index (χ0n) is 8.80. The lowest BCUT2D eigenvalue weighted by atomic mass is 10.1. The van der Waals surface area contributed by atoms with Crippen LogP contribution in [0, 0.1) is 0 Å². The van der Waals surface area contributed by atoms with Crippen LogP contribution in [0.2, 0.25) is 0 Å². The summed E-state index contributed by atoms with van der Waals surface area (Å²) in [5.74, 6) is -0.851. The first kappa shape index (κ1) is 10.4. The highest BCUT2D eigenvalue weighted by Crippen LogP contribution is 2.22. The Balaban J connectivity index is 2.65. The fourth-order valence-electron chi connectivity index (χ4n) is 1.50. The molecule has 1 heterocycles. The second kappa shape index (κ2) is 4.18. The molecule has 0 amide bonds. The summed E-state index contributed by atoms with van der Waals surface area (Å²) in [5.41, 5.74) is 0.830. The Bertz CT molecular complexity index is 537. The number of aromatic carboxylic acids is 1. The number of nitrogens with zero attached hydrogens (tertiary/aromatic N) is 1. The van der Waals surface area contributed by atoms with Gasteiger partial charge in [0.15, 0.2) is 0 Å². The molecule has 0 radical (unpaired) electrons. The van der Waals surface area contributed by atoms with E-state index in [1.165, 1.54) is 0 Å². The fourth-order valence-corrected chi connectivity index (χ4v) is 1.50.